The third-order valence-electron chi connectivity index (χ3n) is 4.08. The lowest BCUT2D eigenvalue weighted by Crippen LogP contribution is -2.42. The van der Waals surface area contributed by atoms with Crippen molar-refractivity contribution in [3.05, 3.63) is 88.6 Å². The Hall–Kier alpha value is -3.36. The molecule has 0 bridgehead atoms. The van der Waals surface area contributed by atoms with Crippen molar-refractivity contribution in [3.63, 3.8) is 0 Å². The first-order valence-corrected chi connectivity index (χ1v) is 9.40. The molecule has 2 aromatic heterocycles. The molecule has 140 valence electrons. The summed E-state index contributed by atoms with van der Waals surface area (Å²) < 4.78 is 13.2. The van der Waals surface area contributed by atoms with Crippen LogP contribution in [0.2, 0.25) is 0 Å². The van der Waals surface area contributed by atoms with E-state index in [9.17, 15) is 9.18 Å². The molecule has 28 heavy (non-hydrogen) atoms. The topological polar surface area (TPSA) is 73.9 Å². The minimum Gasteiger partial charge on any atom is -0.276 e. The number of halogens is 1. The highest BCUT2D eigenvalue weighted by Crippen LogP contribution is 2.23. The average Bonchev–Trinajstić information content (AvgIpc) is 3.42. The number of rotatable bonds is 6. The molecular formula is C20H16FN5OS. The number of aromatic nitrogens is 3. The molecule has 2 N–H and O–H groups in total. The molecule has 4 aromatic rings. The number of carbonyl (C=O) groups excluding carboxylic acids is 1. The molecule has 0 aliphatic carbocycles. The average molecular weight is 393 g/mol. The fraction of sp³-hybridized carbons (Fsp3) is 0.0500. The first kappa shape index (κ1) is 18.0. The van der Waals surface area contributed by atoms with Crippen LogP contribution < -0.4 is 10.4 Å². The van der Waals surface area contributed by atoms with E-state index in [0.29, 0.717) is 22.9 Å². The maximum atomic E-state index is 13.2. The molecule has 2 aromatic carbocycles. The third kappa shape index (κ3) is 3.98. The molecule has 4 rings (SSSR count). The number of hydrogen-bond acceptors (Lipinski definition) is 5. The van der Waals surface area contributed by atoms with Crippen LogP contribution in [-0.4, -0.2) is 21.1 Å². The van der Waals surface area contributed by atoms with Crippen molar-refractivity contribution in [1.29, 1.82) is 0 Å². The van der Waals surface area contributed by atoms with Gasteiger partial charge in [0.2, 0.25) is 0 Å². The highest BCUT2D eigenvalue weighted by atomic mass is 32.1. The first-order chi connectivity index (χ1) is 13.7. The molecule has 0 radical (unpaired) electrons. The highest BCUT2D eigenvalue weighted by Gasteiger charge is 2.22. The van der Waals surface area contributed by atoms with Gasteiger partial charge in [-0.1, -0.05) is 30.3 Å². The van der Waals surface area contributed by atoms with E-state index in [2.05, 4.69) is 20.6 Å². The number of carbonyl (C=O) groups is 1. The van der Waals surface area contributed by atoms with Crippen molar-refractivity contribution in [2.24, 2.45) is 0 Å². The van der Waals surface area contributed by atoms with E-state index in [4.69, 9.17) is 0 Å². The molecule has 0 fully saturated rings. The van der Waals surface area contributed by atoms with Crippen LogP contribution in [0.4, 0.5) is 10.2 Å². The van der Waals surface area contributed by atoms with E-state index in [1.165, 1.54) is 34.7 Å². The molecule has 8 heteroatoms. The summed E-state index contributed by atoms with van der Waals surface area (Å²) in [6.45, 7) is 0.449. The molecule has 2 heterocycles. The summed E-state index contributed by atoms with van der Waals surface area (Å²) in [6.07, 6.45) is 1.53. The Morgan fingerprint density at radius 1 is 1.14 bits per heavy atom. The summed E-state index contributed by atoms with van der Waals surface area (Å²) in [7, 11) is 0. The fourth-order valence-electron chi connectivity index (χ4n) is 2.66. The Morgan fingerprint density at radius 2 is 1.93 bits per heavy atom. The van der Waals surface area contributed by atoms with Gasteiger partial charge in [0.05, 0.1) is 17.4 Å². The zero-order valence-electron chi connectivity index (χ0n) is 14.7. The van der Waals surface area contributed by atoms with Gasteiger partial charge in [0.25, 0.3) is 5.91 Å². The van der Waals surface area contributed by atoms with Gasteiger partial charge in [-0.3, -0.25) is 14.9 Å². The second kappa shape index (κ2) is 8.12. The van der Waals surface area contributed by atoms with Gasteiger partial charge in [-0.15, -0.1) is 11.3 Å². The second-order valence-electron chi connectivity index (χ2n) is 5.97. The van der Waals surface area contributed by atoms with E-state index < -0.39 is 0 Å². The summed E-state index contributed by atoms with van der Waals surface area (Å²) in [5, 5.41) is 8.56. The lowest BCUT2D eigenvalue weighted by molar-refractivity contribution is 0.0976. The minimum absolute atomic E-state index is 0.254. The van der Waals surface area contributed by atoms with Crippen LogP contribution in [-0.2, 0) is 6.54 Å². The molecule has 0 aliphatic rings. The zero-order valence-corrected chi connectivity index (χ0v) is 15.5. The number of thiazole rings is 1. The van der Waals surface area contributed by atoms with Gasteiger partial charge in [-0.05, 0) is 35.4 Å². The van der Waals surface area contributed by atoms with Crippen LogP contribution in [0.5, 0.6) is 0 Å². The third-order valence-corrected chi connectivity index (χ3v) is 4.84. The zero-order chi connectivity index (χ0) is 19.3. The smallest absolute Gasteiger partial charge is 0.276 e. The van der Waals surface area contributed by atoms with E-state index >= 15 is 0 Å². The largest absolute Gasteiger partial charge is 0.285 e. The highest BCUT2D eigenvalue weighted by molar-refractivity contribution is 7.11. The number of amides is 1. The fourth-order valence-corrected chi connectivity index (χ4v) is 3.21. The quantitative estimate of drug-likeness (QED) is 0.485. The molecule has 0 saturated heterocycles. The molecule has 0 spiro atoms. The number of benzene rings is 2. The summed E-state index contributed by atoms with van der Waals surface area (Å²) in [4.78, 5) is 17.4. The van der Waals surface area contributed by atoms with Gasteiger partial charge in [-0.25, -0.2) is 14.8 Å². The predicted octanol–water partition coefficient (Wildman–Crippen LogP) is 4.02. The van der Waals surface area contributed by atoms with Crippen molar-refractivity contribution in [2.45, 2.75) is 6.54 Å². The summed E-state index contributed by atoms with van der Waals surface area (Å²) in [5.41, 5.74) is 7.22. The van der Waals surface area contributed by atoms with Gasteiger partial charge in [0, 0.05) is 12.6 Å². The Labute approximate surface area is 164 Å². The summed E-state index contributed by atoms with van der Waals surface area (Å²) in [6, 6.07) is 17.6. The first-order valence-electron chi connectivity index (χ1n) is 8.52. The molecule has 0 saturated carbocycles. The van der Waals surface area contributed by atoms with Crippen molar-refractivity contribution in [1.82, 2.24) is 20.6 Å². The van der Waals surface area contributed by atoms with Crippen molar-refractivity contribution in [3.8, 4) is 11.3 Å². The number of anilines is 1. The maximum absolute atomic E-state index is 13.2. The van der Waals surface area contributed by atoms with Crippen molar-refractivity contribution < 1.29 is 9.18 Å². The molecule has 1 amide bonds. The van der Waals surface area contributed by atoms with E-state index in [-0.39, 0.29) is 11.7 Å². The van der Waals surface area contributed by atoms with Crippen molar-refractivity contribution in [2.75, 3.05) is 5.01 Å². The SMILES string of the molecule is O=C(c1cncs1)N(NCc1ccccc1)c1cc(-c2ccc(F)cc2)[nH]n1. The Balaban J connectivity index is 1.61. The standard InChI is InChI=1S/C20H16FN5OS/c21-16-8-6-15(7-9-16)17-10-19(25-24-17)26(20(27)18-12-22-13-28-18)23-11-14-4-2-1-3-5-14/h1-10,12-13,23H,11H2,(H,24,25). The van der Waals surface area contributed by atoms with Crippen LogP contribution in [0, 0.1) is 5.82 Å². The number of H-pyrrole nitrogens is 1. The number of hydrogen-bond donors (Lipinski definition) is 2. The van der Waals surface area contributed by atoms with Crippen LogP contribution in [0.3, 0.4) is 0 Å². The monoisotopic (exact) mass is 393 g/mol. The number of nitrogens with one attached hydrogen (secondary N) is 2. The van der Waals surface area contributed by atoms with Crippen molar-refractivity contribution >= 4 is 23.1 Å². The predicted molar refractivity (Wildman–Crippen MR) is 106 cm³/mol. The van der Waals surface area contributed by atoms with E-state index in [1.54, 1.807) is 23.7 Å². The van der Waals surface area contributed by atoms with Gasteiger partial charge in [-0.2, -0.15) is 5.10 Å². The lowest BCUT2D eigenvalue weighted by atomic mass is 10.1. The summed E-state index contributed by atoms with van der Waals surface area (Å²) in [5.74, 6) is -0.153. The maximum Gasteiger partial charge on any atom is 0.285 e. The molecular weight excluding hydrogens is 377 g/mol. The number of nitrogens with zero attached hydrogens (tertiary/aromatic N) is 3. The Kier molecular flexibility index (Phi) is 5.22. The Bertz CT molecular complexity index is 1050. The molecule has 0 aliphatic heterocycles. The second-order valence-corrected chi connectivity index (χ2v) is 6.86. The van der Waals surface area contributed by atoms with E-state index in [1.807, 2.05) is 30.3 Å². The molecule has 6 nitrogen and oxygen atoms in total. The number of hydrazine groups is 1. The van der Waals surface area contributed by atoms with Gasteiger partial charge < -0.3 is 0 Å². The van der Waals surface area contributed by atoms with Crippen LogP contribution in [0.15, 0.2) is 72.4 Å². The van der Waals surface area contributed by atoms with Crippen LogP contribution in [0.1, 0.15) is 15.2 Å². The van der Waals surface area contributed by atoms with Crippen LogP contribution >= 0.6 is 11.3 Å². The van der Waals surface area contributed by atoms with Crippen LogP contribution in [0.25, 0.3) is 11.3 Å². The minimum atomic E-state index is -0.310. The number of aromatic amines is 1. The Morgan fingerprint density at radius 3 is 2.64 bits per heavy atom. The summed E-state index contributed by atoms with van der Waals surface area (Å²) >= 11 is 1.26. The molecule has 0 unspecified atom stereocenters. The normalized spacial score (nSPS) is 10.8. The van der Waals surface area contributed by atoms with E-state index in [0.717, 1.165) is 11.1 Å². The lowest BCUT2D eigenvalue weighted by Gasteiger charge is -2.20. The van der Waals surface area contributed by atoms with Gasteiger partial charge in [0.1, 0.15) is 10.7 Å². The van der Waals surface area contributed by atoms with Gasteiger partial charge in [0.15, 0.2) is 5.82 Å². The van der Waals surface area contributed by atoms with Gasteiger partial charge >= 0.3 is 0 Å². The molecule has 0 atom stereocenters.